The highest BCUT2D eigenvalue weighted by Crippen LogP contribution is 2.32. The van der Waals surface area contributed by atoms with Crippen LogP contribution in [0.15, 0.2) is 0 Å². The normalized spacial score (nSPS) is 35.5. The van der Waals surface area contributed by atoms with E-state index in [2.05, 4.69) is 17.3 Å². The van der Waals surface area contributed by atoms with Gasteiger partial charge in [-0.3, -0.25) is 0 Å². The first-order valence-electron chi connectivity index (χ1n) is 6.58. The Labute approximate surface area is 105 Å². The van der Waals surface area contributed by atoms with Crippen LogP contribution in [0.5, 0.6) is 0 Å². The predicted molar refractivity (Wildman–Crippen MR) is 62.3 cm³/mol. The molecule has 2 fully saturated rings. The Morgan fingerprint density at radius 1 is 1.28 bits per heavy atom. The maximum atomic E-state index is 12.2. The van der Waals surface area contributed by atoms with E-state index >= 15 is 0 Å². The van der Waals surface area contributed by atoms with Crippen LogP contribution >= 0.6 is 0 Å². The van der Waals surface area contributed by atoms with Crippen LogP contribution in [0.1, 0.15) is 32.1 Å². The maximum Gasteiger partial charge on any atom is 0.415 e. The molecule has 0 amide bonds. The second kappa shape index (κ2) is 5.35. The molecule has 2 N–H and O–H groups in total. The summed E-state index contributed by atoms with van der Waals surface area (Å²) in [5.74, 6) is 0. The lowest BCUT2D eigenvalue weighted by Crippen LogP contribution is -2.55. The minimum atomic E-state index is -4.52. The largest absolute Gasteiger partial charge is 0.415 e. The summed E-state index contributed by atoms with van der Waals surface area (Å²) in [5, 5.41) is 11.9. The molecule has 0 spiro atoms. The molecule has 0 aromatic rings. The number of aliphatic hydroxyl groups excluding tert-OH is 1. The fourth-order valence-electron chi connectivity index (χ4n) is 3.18. The SMILES string of the molecule is CN1C2CCCC1CC(NCC(O)C(F)(F)F)C2. The zero-order valence-corrected chi connectivity index (χ0v) is 10.6. The van der Waals surface area contributed by atoms with Crippen molar-refractivity contribution in [3.05, 3.63) is 0 Å². The van der Waals surface area contributed by atoms with Gasteiger partial charge in [-0.25, -0.2) is 0 Å². The van der Waals surface area contributed by atoms with Gasteiger partial charge in [-0.05, 0) is 32.7 Å². The Morgan fingerprint density at radius 3 is 2.33 bits per heavy atom. The quantitative estimate of drug-likeness (QED) is 0.813. The molecule has 0 radical (unpaired) electrons. The van der Waals surface area contributed by atoms with E-state index in [1.807, 2.05) is 0 Å². The van der Waals surface area contributed by atoms with E-state index in [9.17, 15) is 13.2 Å². The first-order valence-corrected chi connectivity index (χ1v) is 6.58. The molecule has 106 valence electrons. The van der Waals surface area contributed by atoms with Crippen LogP contribution in [-0.4, -0.2) is 54.0 Å². The van der Waals surface area contributed by atoms with Crippen LogP contribution in [0.3, 0.4) is 0 Å². The van der Waals surface area contributed by atoms with Crippen LogP contribution < -0.4 is 5.32 Å². The van der Waals surface area contributed by atoms with E-state index in [0.29, 0.717) is 12.1 Å². The van der Waals surface area contributed by atoms with Crippen molar-refractivity contribution < 1.29 is 18.3 Å². The molecule has 0 aliphatic carbocycles. The number of fused-ring (bicyclic) bond motifs is 2. The number of aliphatic hydroxyl groups is 1. The fraction of sp³-hybridized carbons (Fsp3) is 1.00. The molecule has 2 bridgehead atoms. The van der Waals surface area contributed by atoms with Gasteiger partial charge in [0, 0.05) is 24.7 Å². The van der Waals surface area contributed by atoms with Gasteiger partial charge in [-0.2, -0.15) is 13.2 Å². The van der Waals surface area contributed by atoms with Gasteiger partial charge in [-0.1, -0.05) is 6.42 Å². The molecule has 6 heteroatoms. The van der Waals surface area contributed by atoms with Gasteiger partial charge in [0.25, 0.3) is 0 Å². The first-order chi connectivity index (χ1) is 8.38. The Balaban J connectivity index is 1.81. The van der Waals surface area contributed by atoms with Gasteiger partial charge in [0.2, 0.25) is 0 Å². The maximum absolute atomic E-state index is 12.2. The van der Waals surface area contributed by atoms with Crippen LogP contribution in [0.4, 0.5) is 13.2 Å². The lowest BCUT2D eigenvalue weighted by molar-refractivity contribution is -0.202. The summed E-state index contributed by atoms with van der Waals surface area (Å²) in [6.45, 7) is -0.392. The van der Waals surface area contributed by atoms with E-state index in [1.165, 1.54) is 6.42 Å². The molecule has 3 unspecified atom stereocenters. The Morgan fingerprint density at radius 2 is 1.83 bits per heavy atom. The monoisotopic (exact) mass is 266 g/mol. The molecule has 2 rings (SSSR count). The minimum absolute atomic E-state index is 0.105. The van der Waals surface area contributed by atoms with Crippen LogP contribution in [0.2, 0.25) is 0 Å². The van der Waals surface area contributed by atoms with Gasteiger partial charge in [-0.15, -0.1) is 0 Å². The topological polar surface area (TPSA) is 35.5 Å². The fourth-order valence-corrected chi connectivity index (χ4v) is 3.18. The highest BCUT2D eigenvalue weighted by atomic mass is 19.4. The van der Waals surface area contributed by atoms with Crippen molar-refractivity contribution in [2.45, 2.75) is 62.5 Å². The molecule has 18 heavy (non-hydrogen) atoms. The molecule has 0 saturated carbocycles. The molecule has 2 saturated heterocycles. The van der Waals surface area contributed by atoms with E-state index in [4.69, 9.17) is 5.11 Å². The number of nitrogens with one attached hydrogen (secondary N) is 1. The van der Waals surface area contributed by atoms with Gasteiger partial charge in [0.1, 0.15) is 0 Å². The van der Waals surface area contributed by atoms with Crippen molar-refractivity contribution in [1.29, 1.82) is 0 Å². The van der Waals surface area contributed by atoms with E-state index in [1.54, 1.807) is 0 Å². The molecule has 2 heterocycles. The lowest BCUT2D eigenvalue weighted by Gasteiger charge is -2.47. The summed E-state index contributed by atoms with van der Waals surface area (Å²) in [4.78, 5) is 2.36. The molecular weight excluding hydrogens is 245 g/mol. The standard InChI is InChI=1S/C12H21F3N2O/c1-17-9-3-2-4-10(17)6-8(5-9)16-7-11(18)12(13,14)15/h8-11,16,18H,2-7H2,1H3. The molecule has 2 aliphatic heterocycles. The summed E-state index contributed by atoms with van der Waals surface area (Å²) >= 11 is 0. The van der Waals surface area contributed by atoms with Gasteiger partial charge in [0.05, 0.1) is 0 Å². The van der Waals surface area contributed by atoms with Crippen LogP contribution in [0, 0.1) is 0 Å². The van der Waals surface area contributed by atoms with Crippen molar-refractivity contribution in [2.75, 3.05) is 13.6 Å². The number of nitrogens with zero attached hydrogens (tertiary/aromatic N) is 1. The Hall–Kier alpha value is -0.330. The molecule has 0 aromatic carbocycles. The lowest BCUT2D eigenvalue weighted by atomic mass is 9.82. The van der Waals surface area contributed by atoms with Crippen molar-refractivity contribution >= 4 is 0 Å². The number of hydrogen-bond donors (Lipinski definition) is 2. The second-order valence-electron chi connectivity index (χ2n) is 5.54. The van der Waals surface area contributed by atoms with Gasteiger partial charge >= 0.3 is 6.18 Å². The Kier molecular flexibility index (Phi) is 4.18. The number of halogens is 3. The summed E-state index contributed by atoms with van der Waals surface area (Å²) in [7, 11) is 2.11. The summed E-state index contributed by atoms with van der Waals surface area (Å²) < 4.78 is 36.6. The van der Waals surface area contributed by atoms with Gasteiger partial charge < -0.3 is 15.3 Å². The first kappa shape index (κ1) is 14.1. The van der Waals surface area contributed by atoms with E-state index in [0.717, 1.165) is 25.7 Å². The number of hydrogen-bond acceptors (Lipinski definition) is 3. The average molecular weight is 266 g/mol. The van der Waals surface area contributed by atoms with Crippen molar-refractivity contribution in [3.63, 3.8) is 0 Å². The third-order valence-electron chi connectivity index (χ3n) is 4.32. The minimum Gasteiger partial charge on any atom is -0.382 e. The average Bonchev–Trinajstić information content (AvgIpc) is 2.25. The summed E-state index contributed by atoms with van der Waals surface area (Å²) in [5.41, 5.74) is 0. The van der Waals surface area contributed by atoms with Crippen molar-refractivity contribution in [2.24, 2.45) is 0 Å². The summed E-state index contributed by atoms with van der Waals surface area (Å²) in [6, 6.07) is 1.07. The summed E-state index contributed by atoms with van der Waals surface area (Å²) in [6.07, 6.45) is -1.52. The van der Waals surface area contributed by atoms with Crippen LogP contribution in [-0.2, 0) is 0 Å². The molecule has 2 aliphatic rings. The molecule has 3 atom stereocenters. The molecule has 0 aromatic heterocycles. The molecular formula is C12H21F3N2O. The third kappa shape index (κ3) is 3.16. The zero-order valence-electron chi connectivity index (χ0n) is 10.6. The van der Waals surface area contributed by atoms with Crippen LogP contribution in [0.25, 0.3) is 0 Å². The highest BCUT2D eigenvalue weighted by Gasteiger charge is 2.40. The zero-order chi connectivity index (χ0) is 13.3. The Bertz CT molecular complexity index is 271. The number of alkyl halides is 3. The highest BCUT2D eigenvalue weighted by molar-refractivity contribution is 4.93. The number of rotatable bonds is 3. The number of piperidine rings is 2. The van der Waals surface area contributed by atoms with E-state index in [-0.39, 0.29) is 6.04 Å². The second-order valence-corrected chi connectivity index (χ2v) is 5.54. The van der Waals surface area contributed by atoms with Gasteiger partial charge in [0.15, 0.2) is 6.10 Å². The predicted octanol–water partition coefficient (Wildman–Crippen LogP) is 1.51. The smallest absolute Gasteiger partial charge is 0.382 e. The van der Waals surface area contributed by atoms with Crippen molar-refractivity contribution in [1.82, 2.24) is 10.2 Å². The third-order valence-corrected chi connectivity index (χ3v) is 4.32. The molecule has 3 nitrogen and oxygen atoms in total. The van der Waals surface area contributed by atoms with Crippen molar-refractivity contribution in [3.8, 4) is 0 Å². The van der Waals surface area contributed by atoms with E-state index < -0.39 is 18.8 Å².